The number of esters is 1. The second kappa shape index (κ2) is 9.07. The van der Waals surface area contributed by atoms with E-state index in [1.165, 1.54) is 12.8 Å². The maximum atomic E-state index is 14.9. The maximum absolute atomic E-state index is 14.9. The van der Waals surface area contributed by atoms with Gasteiger partial charge in [0.2, 0.25) is 10.0 Å². The minimum atomic E-state index is -3.74. The molecule has 2 bridgehead atoms. The number of sulfonamides is 1. The van der Waals surface area contributed by atoms with Crippen LogP contribution in [0.25, 0.3) is 0 Å². The lowest BCUT2D eigenvalue weighted by molar-refractivity contribution is -0.156. The molecule has 0 radical (unpaired) electrons. The SMILES string of the molecule is CC1(C)[C@@H]2CC[C@@]1(S(=O)(=O)N(C1CCCCC1)C1CCCCC1)[C@H](OC(=O)[C@](C)(N)CN)C2. The van der Waals surface area contributed by atoms with Gasteiger partial charge >= 0.3 is 5.97 Å². The van der Waals surface area contributed by atoms with Crippen LogP contribution in [0.1, 0.15) is 104 Å². The molecule has 0 aromatic carbocycles. The first-order valence-electron chi connectivity index (χ1n) is 13.2. The number of hydrogen-bond acceptors (Lipinski definition) is 6. The van der Waals surface area contributed by atoms with Crippen molar-refractivity contribution in [2.45, 2.75) is 133 Å². The maximum Gasteiger partial charge on any atom is 0.327 e. The van der Waals surface area contributed by atoms with Gasteiger partial charge in [0.25, 0.3) is 0 Å². The standard InChI is InChI=1S/C25H45N3O4S/c1-23(2)18-14-15-25(23,21(16-18)32-22(29)24(3,27)17-26)33(30,31)28(19-10-6-4-7-11-19)20-12-8-5-9-13-20/h18-21H,4-17,26-27H2,1-3H3/t18-,21-,24-,25-/m1/s1. The summed E-state index contributed by atoms with van der Waals surface area (Å²) >= 11 is 0. The molecule has 0 amide bonds. The molecule has 4 aliphatic carbocycles. The summed E-state index contributed by atoms with van der Waals surface area (Å²) in [7, 11) is -3.74. The molecule has 0 aliphatic heterocycles. The Labute approximate surface area is 200 Å². The highest BCUT2D eigenvalue weighted by Gasteiger charge is 2.73. The number of nitrogens with zero attached hydrogens (tertiary/aromatic N) is 1. The van der Waals surface area contributed by atoms with Crippen molar-refractivity contribution in [2.24, 2.45) is 22.8 Å². The van der Waals surface area contributed by atoms with Crippen LogP contribution in [0.4, 0.5) is 0 Å². The number of fused-ring (bicyclic) bond motifs is 2. The summed E-state index contributed by atoms with van der Waals surface area (Å²) in [6, 6.07) is 0.133. The van der Waals surface area contributed by atoms with Crippen molar-refractivity contribution in [3.63, 3.8) is 0 Å². The van der Waals surface area contributed by atoms with Gasteiger partial charge in [0.15, 0.2) is 0 Å². The fourth-order valence-corrected chi connectivity index (χ4v) is 10.8. The topological polar surface area (TPSA) is 116 Å². The molecule has 33 heavy (non-hydrogen) atoms. The third kappa shape index (κ3) is 3.97. The highest BCUT2D eigenvalue weighted by molar-refractivity contribution is 7.90. The Bertz CT molecular complexity index is 813. The zero-order valence-electron chi connectivity index (χ0n) is 20.9. The third-order valence-electron chi connectivity index (χ3n) is 9.74. The van der Waals surface area contributed by atoms with Gasteiger partial charge in [-0.2, -0.15) is 4.31 Å². The fourth-order valence-electron chi connectivity index (χ4n) is 7.52. The highest BCUT2D eigenvalue weighted by atomic mass is 32.2. The molecule has 0 aromatic rings. The molecule has 4 atom stereocenters. The largest absolute Gasteiger partial charge is 0.459 e. The van der Waals surface area contributed by atoms with Crippen molar-refractivity contribution in [1.82, 2.24) is 4.31 Å². The van der Waals surface area contributed by atoms with Crippen LogP contribution in [-0.2, 0) is 19.6 Å². The highest BCUT2D eigenvalue weighted by Crippen LogP contribution is 2.65. The monoisotopic (exact) mass is 483 g/mol. The zero-order chi connectivity index (χ0) is 24.1. The van der Waals surface area contributed by atoms with Gasteiger partial charge in [0.05, 0.1) is 0 Å². The van der Waals surface area contributed by atoms with Crippen LogP contribution >= 0.6 is 0 Å². The molecule has 0 spiro atoms. The number of carbonyl (C=O) groups excluding carboxylic acids is 1. The number of rotatable bonds is 7. The summed E-state index contributed by atoms with van der Waals surface area (Å²) in [5, 5.41) is 0. The number of nitrogens with two attached hydrogens (primary N) is 2. The van der Waals surface area contributed by atoms with E-state index < -0.39 is 37.8 Å². The molecule has 0 saturated heterocycles. The number of ether oxygens (including phenoxy) is 1. The molecule has 0 aromatic heterocycles. The summed E-state index contributed by atoms with van der Waals surface area (Å²) in [5.74, 6) is -0.374. The molecule has 7 nitrogen and oxygen atoms in total. The Kier molecular flexibility index (Phi) is 6.98. The van der Waals surface area contributed by atoms with Gasteiger partial charge in [-0.1, -0.05) is 52.4 Å². The lowest BCUT2D eigenvalue weighted by atomic mass is 9.81. The smallest absolute Gasteiger partial charge is 0.327 e. The van der Waals surface area contributed by atoms with E-state index in [1.807, 2.05) is 4.31 Å². The van der Waals surface area contributed by atoms with Gasteiger partial charge in [0, 0.05) is 18.6 Å². The normalized spacial score (nSPS) is 35.0. The zero-order valence-corrected chi connectivity index (χ0v) is 21.7. The van der Waals surface area contributed by atoms with Crippen LogP contribution in [0.5, 0.6) is 0 Å². The van der Waals surface area contributed by atoms with Crippen molar-refractivity contribution >= 4 is 16.0 Å². The van der Waals surface area contributed by atoms with Gasteiger partial charge in [-0.25, -0.2) is 8.42 Å². The van der Waals surface area contributed by atoms with Crippen LogP contribution < -0.4 is 11.5 Å². The van der Waals surface area contributed by atoms with E-state index in [9.17, 15) is 13.2 Å². The Morgan fingerprint density at radius 2 is 1.52 bits per heavy atom. The fraction of sp³-hybridized carbons (Fsp3) is 0.960. The quantitative estimate of drug-likeness (QED) is 0.536. The Morgan fingerprint density at radius 1 is 1.00 bits per heavy atom. The van der Waals surface area contributed by atoms with Gasteiger partial charge in [0.1, 0.15) is 16.4 Å². The lowest BCUT2D eigenvalue weighted by Gasteiger charge is -2.49. The summed E-state index contributed by atoms with van der Waals surface area (Å²) in [6.45, 7) is 5.69. The van der Waals surface area contributed by atoms with Crippen LogP contribution in [-0.4, -0.2) is 53.7 Å². The van der Waals surface area contributed by atoms with Crippen LogP contribution in [0.2, 0.25) is 0 Å². The molecule has 4 aliphatic rings. The molecule has 190 valence electrons. The second-order valence-electron chi connectivity index (χ2n) is 12.0. The van der Waals surface area contributed by atoms with E-state index in [0.717, 1.165) is 57.8 Å². The van der Waals surface area contributed by atoms with E-state index >= 15 is 0 Å². The predicted molar refractivity (Wildman–Crippen MR) is 130 cm³/mol. The van der Waals surface area contributed by atoms with Crippen molar-refractivity contribution in [3.8, 4) is 0 Å². The average molecular weight is 484 g/mol. The van der Waals surface area contributed by atoms with Crippen LogP contribution in [0, 0.1) is 11.3 Å². The lowest BCUT2D eigenvalue weighted by Crippen LogP contribution is -2.64. The van der Waals surface area contributed by atoms with E-state index in [2.05, 4.69) is 13.8 Å². The molecular weight excluding hydrogens is 438 g/mol. The number of hydrogen-bond donors (Lipinski definition) is 2. The summed E-state index contributed by atoms with van der Waals surface area (Å²) in [4.78, 5) is 12.9. The molecule has 4 rings (SSSR count). The van der Waals surface area contributed by atoms with Crippen molar-refractivity contribution in [1.29, 1.82) is 0 Å². The molecule has 8 heteroatoms. The van der Waals surface area contributed by atoms with Gasteiger partial charge in [-0.3, -0.25) is 4.79 Å². The Balaban J connectivity index is 1.75. The Hall–Kier alpha value is -0.700. The summed E-state index contributed by atoms with van der Waals surface area (Å²) in [6.07, 6.45) is 11.8. The number of carbonyl (C=O) groups is 1. The molecule has 4 fully saturated rings. The van der Waals surface area contributed by atoms with Crippen LogP contribution in [0.15, 0.2) is 0 Å². The summed E-state index contributed by atoms with van der Waals surface area (Å²) in [5.41, 5.74) is 10.0. The molecule has 0 heterocycles. The Morgan fingerprint density at radius 3 is 1.97 bits per heavy atom. The molecule has 4 N–H and O–H groups in total. The predicted octanol–water partition coefficient (Wildman–Crippen LogP) is 3.45. The molecule has 4 saturated carbocycles. The first kappa shape index (κ1) is 25.4. The van der Waals surface area contributed by atoms with Gasteiger partial charge in [-0.05, 0) is 63.2 Å². The van der Waals surface area contributed by atoms with Gasteiger partial charge in [-0.15, -0.1) is 0 Å². The van der Waals surface area contributed by atoms with E-state index in [-0.39, 0.29) is 24.5 Å². The van der Waals surface area contributed by atoms with E-state index in [0.29, 0.717) is 12.8 Å². The van der Waals surface area contributed by atoms with Gasteiger partial charge < -0.3 is 16.2 Å². The first-order valence-corrected chi connectivity index (χ1v) is 14.7. The van der Waals surface area contributed by atoms with Crippen molar-refractivity contribution in [2.75, 3.05) is 6.54 Å². The third-order valence-corrected chi connectivity index (χ3v) is 12.8. The minimum absolute atomic E-state index is 0.0403. The average Bonchev–Trinajstić information content (AvgIpc) is 3.18. The summed E-state index contributed by atoms with van der Waals surface area (Å²) < 4.78 is 36.7. The van der Waals surface area contributed by atoms with E-state index in [1.54, 1.807) is 6.92 Å². The molecule has 0 unspecified atom stereocenters. The molecular formula is C25H45N3O4S. The first-order chi connectivity index (χ1) is 15.5. The van der Waals surface area contributed by atoms with Crippen molar-refractivity contribution in [3.05, 3.63) is 0 Å². The minimum Gasteiger partial charge on any atom is -0.459 e. The van der Waals surface area contributed by atoms with Crippen LogP contribution in [0.3, 0.4) is 0 Å². The van der Waals surface area contributed by atoms with Crippen molar-refractivity contribution < 1.29 is 17.9 Å². The van der Waals surface area contributed by atoms with E-state index in [4.69, 9.17) is 16.2 Å². The second-order valence-corrected chi connectivity index (χ2v) is 14.1.